The number of aromatic nitrogens is 2. The van der Waals surface area contributed by atoms with Crippen molar-refractivity contribution in [3.8, 4) is 0 Å². The van der Waals surface area contributed by atoms with Crippen LogP contribution in [0.4, 0.5) is 11.6 Å². The Morgan fingerprint density at radius 2 is 0.902 bits per heavy atom. The van der Waals surface area contributed by atoms with Crippen molar-refractivity contribution < 1.29 is 9.15 Å². The number of fused-ring (bicyclic) bond motifs is 10. The predicted molar refractivity (Wildman–Crippen MR) is 154 cm³/mol. The first-order valence-electron chi connectivity index (χ1n) is 16.3. The van der Waals surface area contributed by atoms with E-state index in [1.165, 1.54) is 142 Å². The van der Waals surface area contributed by atoms with Crippen LogP contribution in [0.2, 0.25) is 0 Å². The minimum absolute atomic E-state index is 0.652. The lowest BCUT2D eigenvalue weighted by Gasteiger charge is -2.42. The van der Waals surface area contributed by atoms with Crippen LogP contribution in [-0.4, -0.2) is 41.6 Å². The molecule has 8 heterocycles. The summed E-state index contributed by atoms with van der Waals surface area (Å²) in [7, 11) is 0. The molecular weight excluding hydrogens is 508 g/mol. The topological polar surface area (TPSA) is 65.3 Å². The number of rotatable bonds is 0. The summed E-state index contributed by atoms with van der Waals surface area (Å²) in [6, 6.07) is 0. The van der Waals surface area contributed by atoms with Gasteiger partial charge in [0.25, 0.3) is 23.3 Å². The summed E-state index contributed by atoms with van der Waals surface area (Å²) in [5, 5.41) is 0. The highest BCUT2D eigenvalue weighted by molar-refractivity contribution is 6.21. The van der Waals surface area contributed by atoms with Crippen LogP contribution in [0, 0.1) is 0 Å². The largest absolute Gasteiger partial charge is 0.402 e. The van der Waals surface area contributed by atoms with Crippen molar-refractivity contribution in [1.82, 2.24) is 9.13 Å². The van der Waals surface area contributed by atoms with Crippen molar-refractivity contribution in [2.24, 2.45) is 20.0 Å². The highest BCUT2D eigenvalue weighted by Gasteiger charge is 2.69. The van der Waals surface area contributed by atoms with Gasteiger partial charge in [0.05, 0.1) is 0 Å². The van der Waals surface area contributed by atoms with Crippen LogP contribution in [0.15, 0.2) is 42.3 Å². The van der Waals surface area contributed by atoms with E-state index in [4.69, 9.17) is 20.0 Å². The minimum Gasteiger partial charge on any atom is -0.212 e. The molecule has 6 aliphatic heterocycles. The molecule has 41 heavy (non-hydrogen) atoms. The summed E-state index contributed by atoms with van der Waals surface area (Å²) in [4.78, 5) is 22.6. The van der Waals surface area contributed by atoms with Gasteiger partial charge in [0.2, 0.25) is 11.3 Å². The summed E-state index contributed by atoms with van der Waals surface area (Å²) in [6.45, 7) is 0. The monoisotopic (exact) mass is 540 g/mol. The fourth-order valence-electron chi connectivity index (χ4n) is 10.2. The van der Waals surface area contributed by atoms with Crippen LogP contribution in [0.3, 0.4) is 0 Å². The molecule has 8 heteroatoms. The Balaban J connectivity index is 1.35. The van der Waals surface area contributed by atoms with Crippen LogP contribution in [0.1, 0.15) is 99.3 Å². The molecular formula is C33H32N8+2. The third-order valence-electron chi connectivity index (χ3n) is 11.8. The smallest absolute Gasteiger partial charge is 0.212 e. The molecule has 0 saturated heterocycles. The third kappa shape index (κ3) is 2.05. The van der Waals surface area contributed by atoms with Crippen LogP contribution in [0.5, 0.6) is 0 Å². The first-order valence-corrected chi connectivity index (χ1v) is 16.3. The molecule has 0 N–H and O–H groups in total. The van der Waals surface area contributed by atoms with Gasteiger partial charge in [0, 0.05) is 44.5 Å². The maximum atomic E-state index is 5.64. The number of aliphatic imine (C=N–C) groups is 2. The Hall–Kier alpha value is -3.68. The molecule has 1 spiro atoms. The number of hydrogen-bond donors (Lipinski definition) is 0. The molecule has 0 radical (unpaired) electrons. The Morgan fingerprint density at radius 1 is 0.439 bits per heavy atom. The van der Waals surface area contributed by atoms with Gasteiger partial charge >= 0.3 is 5.91 Å². The standard InChI is InChI=1S/C33H32N8/c1-2-10-18-17(9-1)25-34-27-19-11-3-4-12-20(19)29-36-31-23-15-7-8-16-24(23)32-37-30-22-14-6-5-13-21(22)28-35-26(18)38(25)33(39(27)29,40(28)30)41(31)32/h1-16H2/q+2. The van der Waals surface area contributed by atoms with Crippen molar-refractivity contribution >= 4 is 35.0 Å². The lowest BCUT2D eigenvalue weighted by Crippen LogP contribution is -2.72. The zero-order chi connectivity index (χ0) is 26.2. The van der Waals surface area contributed by atoms with Gasteiger partial charge in [0.1, 0.15) is 11.3 Å². The molecule has 10 aliphatic rings. The zero-order valence-corrected chi connectivity index (χ0v) is 23.4. The molecule has 8 nitrogen and oxygen atoms in total. The molecule has 2 aromatic heterocycles. The first-order chi connectivity index (χ1) is 20.4. The van der Waals surface area contributed by atoms with E-state index in [2.05, 4.69) is 18.3 Å². The van der Waals surface area contributed by atoms with Crippen molar-refractivity contribution in [1.29, 1.82) is 0 Å². The summed E-state index contributed by atoms with van der Waals surface area (Å²) in [6.07, 6.45) is 18.7. The van der Waals surface area contributed by atoms with Crippen molar-refractivity contribution in [2.45, 2.75) is 109 Å². The van der Waals surface area contributed by atoms with Gasteiger partial charge in [-0.15, -0.1) is 9.15 Å². The molecule has 1 unspecified atom stereocenters. The second kappa shape index (κ2) is 6.69. The molecule has 0 fully saturated rings. The Labute approximate surface area is 237 Å². The van der Waals surface area contributed by atoms with Crippen LogP contribution < -0.4 is 11.0 Å². The fraction of sp³-hybridized carbons (Fsp3) is 0.515. The molecule has 12 rings (SSSR count). The highest BCUT2D eigenvalue weighted by atomic mass is 15.7. The third-order valence-corrected chi connectivity index (χ3v) is 11.8. The average Bonchev–Trinajstić information content (AvgIpc) is 3.74. The molecule has 2 aromatic rings. The summed E-state index contributed by atoms with van der Waals surface area (Å²) in [5.41, 5.74) is 14.0. The Kier molecular flexibility index (Phi) is 3.44. The van der Waals surface area contributed by atoms with Gasteiger partial charge in [0.15, 0.2) is 0 Å². The van der Waals surface area contributed by atoms with Crippen molar-refractivity contribution in [3.63, 3.8) is 0 Å². The molecule has 202 valence electrons. The maximum absolute atomic E-state index is 5.64. The average molecular weight is 541 g/mol. The zero-order valence-electron chi connectivity index (χ0n) is 23.4. The SMILES string of the molecule is C1CCC2=C(C1)C1=Nc3c4c(c5n3C36n7c(c8c(c7=N5)CCCC8)=NC5=[N+]3C(=NC2=[N+]16)C1=C5CCCC1)CCCC4. The summed E-state index contributed by atoms with van der Waals surface area (Å²) in [5.74, 6) is 6.34. The van der Waals surface area contributed by atoms with Gasteiger partial charge < -0.3 is 0 Å². The Morgan fingerprint density at radius 3 is 1.54 bits per heavy atom. The van der Waals surface area contributed by atoms with E-state index < -0.39 is 5.91 Å². The van der Waals surface area contributed by atoms with Crippen molar-refractivity contribution in [3.05, 3.63) is 55.5 Å². The van der Waals surface area contributed by atoms with Gasteiger partial charge in [-0.2, -0.15) is 0 Å². The number of hydrogen-bond acceptors (Lipinski definition) is 4. The van der Waals surface area contributed by atoms with E-state index in [1.807, 2.05) is 0 Å². The van der Waals surface area contributed by atoms with E-state index in [9.17, 15) is 0 Å². The molecule has 4 aliphatic carbocycles. The highest BCUT2D eigenvalue weighted by Crippen LogP contribution is 2.53. The van der Waals surface area contributed by atoms with Gasteiger partial charge in [-0.3, -0.25) is 0 Å². The molecule has 0 bridgehead atoms. The second-order valence-electron chi connectivity index (χ2n) is 13.6. The van der Waals surface area contributed by atoms with Crippen LogP contribution in [0.25, 0.3) is 0 Å². The van der Waals surface area contributed by atoms with Crippen LogP contribution >= 0.6 is 0 Å². The quantitative estimate of drug-likeness (QED) is 0.452. The van der Waals surface area contributed by atoms with Gasteiger partial charge in [-0.25, -0.2) is 14.1 Å². The lowest BCUT2D eigenvalue weighted by molar-refractivity contribution is -0.792. The van der Waals surface area contributed by atoms with E-state index >= 15 is 0 Å². The fourth-order valence-corrected chi connectivity index (χ4v) is 10.2. The molecule has 0 saturated carbocycles. The summed E-state index contributed by atoms with van der Waals surface area (Å²) >= 11 is 0. The molecule has 0 aromatic carbocycles. The van der Waals surface area contributed by atoms with E-state index in [1.54, 1.807) is 0 Å². The molecule has 0 amide bonds. The van der Waals surface area contributed by atoms with Crippen LogP contribution in [-0.2, 0) is 31.6 Å². The maximum Gasteiger partial charge on any atom is 0.402 e. The van der Waals surface area contributed by atoms with E-state index in [-0.39, 0.29) is 0 Å². The molecule has 1 atom stereocenters. The van der Waals surface area contributed by atoms with Gasteiger partial charge in [-0.1, -0.05) is 15.0 Å². The second-order valence-corrected chi connectivity index (χ2v) is 13.6. The van der Waals surface area contributed by atoms with Gasteiger partial charge in [-0.05, 0) is 103 Å². The Bertz CT molecular complexity index is 2100. The van der Waals surface area contributed by atoms with E-state index in [0.29, 0.717) is 0 Å². The summed E-state index contributed by atoms with van der Waals surface area (Å²) < 4.78 is 10.3. The van der Waals surface area contributed by atoms with E-state index in [0.717, 1.165) is 51.4 Å². The first kappa shape index (κ1) is 21.1. The number of amidine groups is 4. The lowest BCUT2D eigenvalue weighted by atomic mass is 9.91. The van der Waals surface area contributed by atoms with Crippen molar-refractivity contribution in [2.75, 3.05) is 0 Å². The minimum atomic E-state index is -0.652. The normalized spacial score (nSPS) is 28.8. The number of nitrogens with zero attached hydrogens (tertiary/aromatic N) is 8. The predicted octanol–water partition coefficient (Wildman–Crippen LogP) is 4.11.